The van der Waals surface area contributed by atoms with Crippen molar-refractivity contribution in [3.05, 3.63) is 0 Å². The summed E-state index contributed by atoms with van der Waals surface area (Å²) in [6.45, 7) is 12.4. The summed E-state index contributed by atoms with van der Waals surface area (Å²) in [5.74, 6) is 0. The Hall–Kier alpha value is -0.0400. The summed E-state index contributed by atoms with van der Waals surface area (Å²) in [5.41, 5.74) is 4.50. The zero-order chi connectivity index (χ0) is 9.41. The zero-order valence-electron chi connectivity index (χ0n) is 8.99. The molecule has 0 aliphatic heterocycles. The fraction of sp³-hybridized carbons (Fsp3) is 1.00. The molecule has 0 saturated carbocycles. The van der Waals surface area contributed by atoms with Gasteiger partial charge >= 0.3 is 0 Å². The molecule has 0 radical (unpaired) electrons. The SMILES string of the molecule is CC.CC.CCCC.CN. The van der Waals surface area contributed by atoms with Crippen LogP contribution in [0.1, 0.15) is 54.4 Å². The highest BCUT2D eigenvalue weighted by Gasteiger charge is 1.56. The minimum Gasteiger partial charge on any atom is -0.333 e. The molecular formula is C9H27N. The smallest absolute Gasteiger partial charge is 0.0195 e. The molecule has 0 bridgehead atoms. The molecule has 2 N–H and O–H groups in total. The second-order valence-electron chi connectivity index (χ2n) is 1.000. The minimum absolute atomic E-state index is 1.32. The Balaban J connectivity index is -0.0000000262. The monoisotopic (exact) mass is 149 g/mol. The normalized spacial score (nSPS) is 4.80. The third kappa shape index (κ3) is 418. The van der Waals surface area contributed by atoms with Crippen LogP contribution in [0, 0.1) is 0 Å². The molecule has 1 nitrogen and oxygen atoms in total. The molecule has 0 unspecified atom stereocenters. The van der Waals surface area contributed by atoms with Crippen LogP contribution in [0.25, 0.3) is 0 Å². The van der Waals surface area contributed by atoms with Crippen LogP contribution in [-0.4, -0.2) is 7.05 Å². The molecule has 0 aliphatic carbocycles. The van der Waals surface area contributed by atoms with Crippen LogP contribution in [0.5, 0.6) is 0 Å². The summed E-state index contributed by atoms with van der Waals surface area (Å²) in [6.07, 6.45) is 2.64. The number of unbranched alkanes of at least 4 members (excludes halogenated alkanes) is 1. The van der Waals surface area contributed by atoms with E-state index in [1.807, 2.05) is 27.7 Å². The maximum Gasteiger partial charge on any atom is -0.0195 e. The van der Waals surface area contributed by atoms with Gasteiger partial charge in [-0.05, 0) is 7.05 Å². The van der Waals surface area contributed by atoms with Crippen molar-refractivity contribution in [1.82, 2.24) is 0 Å². The molecule has 0 rings (SSSR count). The Morgan fingerprint density at radius 1 is 0.700 bits per heavy atom. The fourth-order valence-electron chi connectivity index (χ4n) is 0. The largest absolute Gasteiger partial charge is 0.333 e. The fourth-order valence-corrected chi connectivity index (χ4v) is 0. The van der Waals surface area contributed by atoms with Gasteiger partial charge in [-0.1, -0.05) is 54.4 Å². The van der Waals surface area contributed by atoms with Gasteiger partial charge in [0.25, 0.3) is 0 Å². The lowest BCUT2D eigenvalue weighted by atomic mass is 10.4. The van der Waals surface area contributed by atoms with Crippen molar-refractivity contribution in [2.75, 3.05) is 7.05 Å². The van der Waals surface area contributed by atoms with Crippen molar-refractivity contribution in [3.63, 3.8) is 0 Å². The van der Waals surface area contributed by atoms with Gasteiger partial charge in [-0.25, -0.2) is 0 Å². The third-order valence-electron chi connectivity index (χ3n) is 0.500. The van der Waals surface area contributed by atoms with Gasteiger partial charge in [0.1, 0.15) is 0 Å². The van der Waals surface area contributed by atoms with Crippen molar-refractivity contribution in [2.24, 2.45) is 5.73 Å². The average Bonchev–Trinajstić information content (AvgIpc) is 2.14. The van der Waals surface area contributed by atoms with Gasteiger partial charge in [0, 0.05) is 0 Å². The van der Waals surface area contributed by atoms with Crippen LogP contribution >= 0.6 is 0 Å². The number of hydrogen-bond donors (Lipinski definition) is 1. The molecule has 0 aromatic heterocycles. The van der Waals surface area contributed by atoms with E-state index in [1.54, 1.807) is 0 Å². The van der Waals surface area contributed by atoms with Gasteiger partial charge in [0.15, 0.2) is 0 Å². The molecule has 1 heteroatoms. The summed E-state index contributed by atoms with van der Waals surface area (Å²) in [7, 11) is 1.50. The Morgan fingerprint density at radius 3 is 0.800 bits per heavy atom. The predicted molar refractivity (Wildman–Crippen MR) is 53.4 cm³/mol. The summed E-state index contributed by atoms with van der Waals surface area (Å²) in [5, 5.41) is 0. The lowest BCUT2D eigenvalue weighted by Crippen LogP contribution is -1.69. The zero-order valence-corrected chi connectivity index (χ0v) is 8.99. The topological polar surface area (TPSA) is 26.0 Å². The Bertz CT molecular complexity index is 6.69. The molecular weight excluding hydrogens is 122 g/mol. The van der Waals surface area contributed by atoms with Crippen LogP contribution in [0.3, 0.4) is 0 Å². The standard InChI is InChI=1S/C4H10.2C2H6.CH5N/c1-3-4-2;3*1-2/h3-4H2,1-2H3;2*1-2H3;2H2,1H3. The van der Waals surface area contributed by atoms with Crippen molar-refractivity contribution in [1.29, 1.82) is 0 Å². The first kappa shape index (κ1) is 22.5. The summed E-state index contributed by atoms with van der Waals surface area (Å²) >= 11 is 0. The maximum atomic E-state index is 4.50. The Morgan fingerprint density at radius 2 is 0.800 bits per heavy atom. The van der Waals surface area contributed by atoms with Crippen LogP contribution < -0.4 is 5.73 Å². The highest BCUT2D eigenvalue weighted by atomic mass is 14.4. The summed E-state index contributed by atoms with van der Waals surface area (Å²) in [4.78, 5) is 0. The van der Waals surface area contributed by atoms with Crippen LogP contribution in [0.15, 0.2) is 0 Å². The van der Waals surface area contributed by atoms with E-state index >= 15 is 0 Å². The molecule has 0 spiro atoms. The first-order valence-corrected chi connectivity index (χ1v) is 4.49. The second kappa shape index (κ2) is 148. The van der Waals surface area contributed by atoms with Gasteiger partial charge in [0.2, 0.25) is 0 Å². The Kier molecular flexibility index (Phi) is 333. The van der Waals surface area contributed by atoms with Crippen molar-refractivity contribution in [2.45, 2.75) is 54.4 Å². The van der Waals surface area contributed by atoms with Crippen molar-refractivity contribution >= 4 is 0 Å². The highest BCUT2D eigenvalue weighted by Crippen LogP contribution is 1.76. The predicted octanol–water partition coefficient (Wildman–Crippen LogP) is 3.43. The number of hydrogen-bond acceptors (Lipinski definition) is 1. The molecule has 0 aliphatic rings. The van der Waals surface area contributed by atoms with Crippen molar-refractivity contribution in [3.8, 4) is 0 Å². The maximum absolute atomic E-state index is 4.50. The molecule has 10 heavy (non-hydrogen) atoms. The highest BCUT2D eigenvalue weighted by molar-refractivity contribution is 4.12. The molecule has 0 aromatic carbocycles. The van der Waals surface area contributed by atoms with Gasteiger partial charge in [0.05, 0.1) is 0 Å². The average molecular weight is 149 g/mol. The van der Waals surface area contributed by atoms with E-state index in [0.29, 0.717) is 0 Å². The molecule has 0 amide bonds. The van der Waals surface area contributed by atoms with Gasteiger partial charge in [-0.2, -0.15) is 0 Å². The van der Waals surface area contributed by atoms with E-state index in [2.05, 4.69) is 19.6 Å². The van der Waals surface area contributed by atoms with E-state index in [1.165, 1.54) is 19.9 Å². The third-order valence-corrected chi connectivity index (χ3v) is 0.500. The van der Waals surface area contributed by atoms with E-state index in [-0.39, 0.29) is 0 Å². The number of nitrogens with two attached hydrogens (primary N) is 1. The molecule has 0 saturated heterocycles. The minimum atomic E-state index is 1.32. The van der Waals surface area contributed by atoms with Gasteiger partial charge < -0.3 is 5.73 Å². The quantitative estimate of drug-likeness (QED) is 0.607. The van der Waals surface area contributed by atoms with E-state index in [4.69, 9.17) is 0 Å². The summed E-state index contributed by atoms with van der Waals surface area (Å²) < 4.78 is 0. The lowest BCUT2D eigenvalue weighted by Gasteiger charge is -1.68. The first-order chi connectivity index (χ1) is 4.91. The van der Waals surface area contributed by atoms with Crippen LogP contribution in [0.4, 0.5) is 0 Å². The molecule has 68 valence electrons. The van der Waals surface area contributed by atoms with Crippen LogP contribution in [0.2, 0.25) is 0 Å². The van der Waals surface area contributed by atoms with Gasteiger partial charge in [-0.15, -0.1) is 0 Å². The molecule has 0 heterocycles. The molecule has 0 aromatic rings. The number of rotatable bonds is 1. The lowest BCUT2D eigenvalue weighted by molar-refractivity contribution is 0.886. The van der Waals surface area contributed by atoms with E-state index in [0.717, 1.165) is 0 Å². The van der Waals surface area contributed by atoms with E-state index < -0.39 is 0 Å². The van der Waals surface area contributed by atoms with Gasteiger partial charge in [-0.3, -0.25) is 0 Å². The second-order valence-corrected chi connectivity index (χ2v) is 1.000. The molecule has 0 fully saturated rings. The van der Waals surface area contributed by atoms with E-state index in [9.17, 15) is 0 Å². The summed E-state index contributed by atoms with van der Waals surface area (Å²) in [6, 6.07) is 0. The van der Waals surface area contributed by atoms with Crippen LogP contribution in [-0.2, 0) is 0 Å². The Labute approximate surface area is 68.0 Å². The molecule has 0 atom stereocenters. The first-order valence-electron chi connectivity index (χ1n) is 4.49. The van der Waals surface area contributed by atoms with Crippen molar-refractivity contribution < 1.29 is 0 Å².